The number of hydrogen-bond donors (Lipinski definition) is 0. The Labute approximate surface area is 214 Å². The Morgan fingerprint density at radius 1 is 0.300 bits per heavy atom. The van der Waals surface area contributed by atoms with Crippen LogP contribution < -0.4 is 16.4 Å². The van der Waals surface area contributed by atoms with Gasteiger partial charge >= 0.3 is 0 Å². The minimum Gasteiger partial charge on any atom is -0.207 e. The third kappa shape index (κ3) is 3.88. The smallest absolute Gasteiger partial charge is 0.200 e. The summed E-state index contributed by atoms with van der Waals surface area (Å²) >= 11 is 0. The highest BCUT2D eigenvalue weighted by Gasteiger charge is 2.51. The SMILES string of the molecule is Fc1c(F)c(F)c([B-](c2c(F)c(F)c(F)c(F)c2F)(c2c(F)c(F)c(F)c(F)c2F)C2CCCCC2)c(F)c1F. The van der Waals surface area contributed by atoms with Gasteiger partial charge in [-0.05, 0) is 0 Å². The van der Waals surface area contributed by atoms with Gasteiger partial charge in [0.15, 0.2) is 52.4 Å². The molecule has 0 saturated heterocycles. The maximum atomic E-state index is 15.4. The van der Waals surface area contributed by atoms with E-state index in [1.54, 1.807) is 0 Å². The summed E-state index contributed by atoms with van der Waals surface area (Å²) in [6, 6.07) is 0. The molecule has 1 aliphatic carbocycles. The molecule has 4 rings (SSSR count). The largest absolute Gasteiger partial charge is 0.207 e. The third-order valence-corrected chi connectivity index (χ3v) is 7.45. The van der Waals surface area contributed by atoms with Crippen molar-refractivity contribution >= 4 is 22.5 Å². The van der Waals surface area contributed by atoms with Crippen LogP contribution in [0.5, 0.6) is 0 Å². The Kier molecular flexibility index (Phi) is 7.60. The van der Waals surface area contributed by atoms with E-state index in [4.69, 9.17) is 0 Å². The third-order valence-electron chi connectivity index (χ3n) is 7.45. The van der Waals surface area contributed by atoms with Crippen LogP contribution in [-0.2, 0) is 0 Å². The highest BCUT2D eigenvalue weighted by molar-refractivity contribution is 7.12. The number of benzene rings is 3. The van der Waals surface area contributed by atoms with E-state index < -0.39 is 128 Å². The molecule has 3 aromatic rings. The molecule has 1 fully saturated rings. The molecule has 216 valence electrons. The fourth-order valence-electron chi connectivity index (χ4n) is 5.84. The zero-order valence-electron chi connectivity index (χ0n) is 19.4. The van der Waals surface area contributed by atoms with Crippen molar-refractivity contribution in [3.63, 3.8) is 0 Å². The standard InChI is InChI=1S/C24H11BF15/c26-10-7(11(27)17(33)22(38)16(10)32)25(6-4-2-1-3-5-6,8-12(28)18(34)23(39)19(35)13(8)29)9-14(30)20(36)24(40)21(37)15(9)31/h6H,1-5H2/q-1. The first-order chi connectivity index (χ1) is 18.6. The molecular formula is C24H11BF15-. The summed E-state index contributed by atoms with van der Waals surface area (Å²) in [6.45, 7) is 0. The van der Waals surface area contributed by atoms with Gasteiger partial charge in [-0.2, -0.15) is 5.82 Å². The summed E-state index contributed by atoms with van der Waals surface area (Å²) in [5.41, 5.74) is -7.56. The summed E-state index contributed by atoms with van der Waals surface area (Å²) in [4.78, 5) is 0. The fraction of sp³-hybridized carbons (Fsp3) is 0.250. The Morgan fingerprint density at radius 2 is 0.500 bits per heavy atom. The van der Waals surface area contributed by atoms with Gasteiger partial charge in [0.05, 0.1) is 0 Å². The van der Waals surface area contributed by atoms with Gasteiger partial charge in [-0.15, -0.1) is 16.4 Å². The highest BCUT2D eigenvalue weighted by Crippen LogP contribution is 2.41. The minimum absolute atomic E-state index is 0.172. The van der Waals surface area contributed by atoms with Gasteiger partial charge in [-0.3, -0.25) is 0 Å². The second kappa shape index (κ2) is 10.3. The van der Waals surface area contributed by atoms with Crippen molar-refractivity contribution in [2.75, 3.05) is 0 Å². The molecule has 0 unspecified atom stereocenters. The van der Waals surface area contributed by atoms with E-state index in [1.807, 2.05) is 0 Å². The van der Waals surface area contributed by atoms with Crippen LogP contribution in [0.25, 0.3) is 0 Å². The lowest BCUT2D eigenvalue weighted by Crippen LogP contribution is -2.75. The molecule has 0 amide bonds. The van der Waals surface area contributed by atoms with Crippen LogP contribution in [0.15, 0.2) is 0 Å². The predicted molar refractivity (Wildman–Crippen MR) is 110 cm³/mol. The fourth-order valence-corrected chi connectivity index (χ4v) is 5.84. The van der Waals surface area contributed by atoms with E-state index in [2.05, 4.69) is 0 Å². The topological polar surface area (TPSA) is 0 Å². The number of halogens is 15. The molecule has 0 heterocycles. The maximum absolute atomic E-state index is 15.4. The molecule has 3 aromatic carbocycles. The molecule has 0 N–H and O–H groups in total. The Balaban J connectivity index is 2.47. The molecule has 0 aliphatic heterocycles. The molecular weight excluding hydrogens is 584 g/mol. The van der Waals surface area contributed by atoms with E-state index in [9.17, 15) is 39.5 Å². The van der Waals surface area contributed by atoms with Crippen LogP contribution in [0.2, 0.25) is 5.82 Å². The molecule has 1 aliphatic rings. The molecule has 0 nitrogen and oxygen atoms in total. The van der Waals surface area contributed by atoms with Crippen molar-refractivity contribution in [1.29, 1.82) is 0 Å². The monoisotopic (exact) mass is 595 g/mol. The quantitative estimate of drug-likeness (QED) is 0.139. The molecule has 0 atom stereocenters. The zero-order valence-corrected chi connectivity index (χ0v) is 19.4. The summed E-state index contributed by atoms with van der Waals surface area (Å²) in [5.74, 6) is -46.5. The normalized spacial score (nSPS) is 14.8. The van der Waals surface area contributed by atoms with Gasteiger partial charge in [0.25, 0.3) is 0 Å². The van der Waals surface area contributed by atoms with Crippen LogP contribution in [0.4, 0.5) is 65.9 Å². The molecule has 0 aromatic heterocycles. The van der Waals surface area contributed by atoms with Gasteiger partial charge in [-0.25, -0.2) is 65.9 Å². The van der Waals surface area contributed by atoms with Gasteiger partial charge < -0.3 is 0 Å². The Hall–Kier alpha value is -3.33. The van der Waals surface area contributed by atoms with Gasteiger partial charge in [-0.1, -0.05) is 32.1 Å². The summed E-state index contributed by atoms with van der Waals surface area (Å²) < 4.78 is 221. The van der Waals surface area contributed by atoms with Crippen LogP contribution in [-0.4, -0.2) is 6.15 Å². The average molecular weight is 595 g/mol. The molecule has 40 heavy (non-hydrogen) atoms. The first-order valence-corrected chi connectivity index (χ1v) is 11.4. The van der Waals surface area contributed by atoms with Crippen LogP contribution in [0.3, 0.4) is 0 Å². The second-order valence-corrected chi connectivity index (χ2v) is 9.28. The first kappa shape index (κ1) is 29.7. The lowest BCUT2D eigenvalue weighted by molar-refractivity contribution is 0.378. The maximum Gasteiger partial charge on any atom is 0.200 e. The molecule has 16 heteroatoms. The van der Waals surface area contributed by atoms with Crippen LogP contribution in [0, 0.1) is 87.3 Å². The van der Waals surface area contributed by atoms with Crippen molar-refractivity contribution in [1.82, 2.24) is 0 Å². The lowest BCUT2D eigenvalue weighted by atomic mass is 9.09. The summed E-state index contributed by atoms with van der Waals surface area (Å²) in [5, 5.41) is 0. The molecule has 0 bridgehead atoms. The van der Waals surface area contributed by atoms with E-state index in [1.165, 1.54) is 0 Å². The molecule has 0 spiro atoms. The van der Waals surface area contributed by atoms with Crippen LogP contribution >= 0.6 is 0 Å². The van der Waals surface area contributed by atoms with Crippen LogP contribution in [0.1, 0.15) is 32.1 Å². The van der Waals surface area contributed by atoms with Crippen molar-refractivity contribution in [3.8, 4) is 0 Å². The summed E-state index contributed by atoms with van der Waals surface area (Å²) in [7, 11) is 0. The van der Waals surface area contributed by atoms with Crippen molar-refractivity contribution in [3.05, 3.63) is 87.3 Å². The van der Waals surface area contributed by atoms with Crippen molar-refractivity contribution < 1.29 is 65.9 Å². The van der Waals surface area contributed by atoms with E-state index >= 15 is 26.3 Å². The van der Waals surface area contributed by atoms with E-state index in [0.29, 0.717) is 0 Å². The van der Waals surface area contributed by atoms with Gasteiger partial charge in [0.2, 0.25) is 0 Å². The molecule has 1 saturated carbocycles. The number of rotatable bonds is 4. The number of hydrogen-bond acceptors (Lipinski definition) is 0. The minimum atomic E-state index is -5.44. The Bertz CT molecular complexity index is 1290. The highest BCUT2D eigenvalue weighted by atomic mass is 19.2. The van der Waals surface area contributed by atoms with Gasteiger partial charge in [0.1, 0.15) is 41.0 Å². The predicted octanol–water partition coefficient (Wildman–Crippen LogP) is 6.58. The first-order valence-electron chi connectivity index (χ1n) is 11.4. The van der Waals surface area contributed by atoms with Gasteiger partial charge in [0, 0.05) is 0 Å². The summed E-state index contributed by atoms with van der Waals surface area (Å²) in [6.07, 6.45) is -6.99. The van der Waals surface area contributed by atoms with Crippen molar-refractivity contribution in [2.45, 2.75) is 37.9 Å². The van der Waals surface area contributed by atoms with Crippen molar-refractivity contribution in [2.24, 2.45) is 0 Å². The second-order valence-electron chi connectivity index (χ2n) is 9.28. The van der Waals surface area contributed by atoms with E-state index in [-0.39, 0.29) is 19.3 Å². The average Bonchev–Trinajstić information content (AvgIpc) is 2.95. The lowest BCUT2D eigenvalue weighted by Gasteiger charge is -2.51. The van der Waals surface area contributed by atoms with E-state index in [0.717, 1.165) is 0 Å². The molecule has 0 radical (unpaired) electrons. The zero-order chi connectivity index (χ0) is 30.0. The Morgan fingerprint density at radius 3 is 0.725 bits per heavy atom.